The Bertz CT molecular complexity index is 418. The molecule has 0 radical (unpaired) electrons. The van der Waals surface area contributed by atoms with Crippen molar-refractivity contribution in [3.63, 3.8) is 0 Å². The summed E-state index contributed by atoms with van der Waals surface area (Å²) in [6.45, 7) is 4.83. The van der Waals surface area contributed by atoms with Gasteiger partial charge in [0.2, 0.25) is 5.91 Å². The van der Waals surface area contributed by atoms with Gasteiger partial charge in [-0.05, 0) is 38.0 Å². The Morgan fingerprint density at radius 1 is 1.44 bits per heavy atom. The zero-order valence-electron chi connectivity index (χ0n) is 11.2. The number of hydrogen-bond acceptors (Lipinski definition) is 2. The molecule has 2 N–H and O–H groups in total. The molecule has 0 aliphatic rings. The predicted molar refractivity (Wildman–Crippen MR) is 78.3 cm³/mol. The van der Waals surface area contributed by atoms with E-state index in [0.717, 1.165) is 10.9 Å². The lowest BCUT2D eigenvalue weighted by Crippen LogP contribution is -2.43. The summed E-state index contributed by atoms with van der Waals surface area (Å²) in [5.74, 6) is 0.0972. The molecule has 0 spiro atoms. The summed E-state index contributed by atoms with van der Waals surface area (Å²) in [6, 6.07) is 8.14. The maximum atomic E-state index is 12.1. The lowest BCUT2D eigenvalue weighted by atomic mass is 9.92. The fourth-order valence-electron chi connectivity index (χ4n) is 1.69. The van der Waals surface area contributed by atoms with Crippen LogP contribution in [0.4, 0.5) is 0 Å². The summed E-state index contributed by atoms with van der Waals surface area (Å²) in [4.78, 5) is 13.9. The van der Waals surface area contributed by atoms with Crippen LogP contribution in [-0.2, 0) is 11.2 Å². The van der Waals surface area contributed by atoms with Crippen LogP contribution in [0.5, 0.6) is 0 Å². The second-order valence-corrected chi connectivity index (χ2v) is 6.11. The van der Waals surface area contributed by atoms with Gasteiger partial charge in [0.15, 0.2) is 0 Å². The van der Waals surface area contributed by atoms with Crippen LogP contribution in [0, 0.1) is 5.41 Å². The van der Waals surface area contributed by atoms with Crippen LogP contribution in [0.2, 0.25) is 0 Å². The van der Waals surface area contributed by atoms with E-state index in [1.807, 2.05) is 33.0 Å². The number of carbonyl (C=O) groups excluding carboxylic acids is 1. The first-order chi connectivity index (χ1) is 8.36. The van der Waals surface area contributed by atoms with Gasteiger partial charge >= 0.3 is 0 Å². The number of halogens is 1. The van der Waals surface area contributed by atoms with Crippen molar-refractivity contribution in [1.82, 2.24) is 4.90 Å². The molecule has 1 rings (SSSR count). The van der Waals surface area contributed by atoms with Crippen molar-refractivity contribution in [2.75, 3.05) is 20.1 Å². The Morgan fingerprint density at radius 3 is 2.67 bits per heavy atom. The Labute approximate surface area is 117 Å². The maximum Gasteiger partial charge on any atom is 0.229 e. The van der Waals surface area contributed by atoms with Crippen molar-refractivity contribution in [2.24, 2.45) is 11.1 Å². The first kappa shape index (κ1) is 15.2. The molecule has 0 aliphatic carbocycles. The number of hydrogen-bond donors (Lipinski definition) is 1. The molecule has 0 aliphatic heterocycles. The van der Waals surface area contributed by atoms with Crippen molar-refractivity contribution >= 4 is 21.8 Å². The molecule has 100 valence electrons. The highest BCUT2D eigenvalue weighted by Gasteiger charge is 2.28. The lowest BCUT2D eigenvalue weighted by Gasteiger charge is -2.28. The number of amides is 1. The van der Waals surface area contributed by atoms with Gasteiger partial charge in [-0.25, -0.2) is 0 Å². The molecule has 0 aromatic heterocycles. The molecule has 4 heteroatoms. The van der Waals surface area contributed by atoms with Crippen molar-refractivity contribution < 1.29 is 4.79 Å². The molecule has 0 saturated carbocycles. The van der Waals surface area contributed by atoms with Crippen molar-refractivity contribution in [1.29, 1.82) is 0 Å². The minimum atomic E-state index is -0.480. The van der Waals surface area contributed by atoms with Crippen LogP contribution in [0.1, 0.15) is 19.4 Å². The second-order valence-electron chi connectivity index (χ2n) is 5.19. The van der Waals surface area contributed by atoms with Gasteiger partial charge in [-0.15, -0.1) is 0 Å². The highest BCUT2D eigenvalue weighted by molar-refractivity contribution is 9.10. The molecule has 0 fully saturated rings. The molecule has 1 amide bonds. The minimum absolute atomic E-state index is 0.0972. The average molecular weight is 313 g/mol. The van der Waals surface area contributed by atoms with Crippen molar-refractivity contribution in [3.8, 4) is 0 Å². The zero-order valence-corrected chi connectivity index (χ0v) is 12.8. The standard InChI is InChI=1S/C14H21BrN2O/c1-14(2,10-16)13(18)17(3)8-7-11-5-4-6-12(15)9-11/h4-6,9H,7-8,10,16H2,1-3H3. The third-order valence-electron chi connectivity index (χ3n) is 3.06. The number of rotatable bonds is 5. The van der Waals surface area contributed by atoms with Crippen LogP contribution in [0.3, 0.4) is 0 Å². The molecule has 18 heavy (non-hydrogen) atoms. The molecular formula is C14H21BrN2O. The quantitative estimate of drug-likeness (QED) is 0.907. The SMILES string of the molecule is CN(CCc1cccc(Br)c1)C(=O)C(C)(C)CN. The fraction of sp³-hybridized carbons (Fsp3) is 0.500. The highest BCUT2D eigenvalue weighted by atomic mass is 79.9. The molecule has 3 nitrogen and oxygen atoms in total. The van der Waals surface area contributed by atoms with E-state index in [4.69, 9.17) is 5.73 Å². The fourth-order valence-corrected chi connectivity index (χ4v) is 2.14. The average Bonchev–Trinajstić information content (AvgIpc) is 2.35. The molecule has 0 saturated heterocycles. The summed E-state index contributed by atoms with van der Waals surface area (Å²) in [6.07, 6.45) is 0.850. The van der Waals surface area contributed by atoms with Crippen LogP contribution in [0.25, 0.3) is 0 Å². The summed E-state index contributed by atoms with van der Waals surface area (Å²) in [7, 11) is 1.83. The van der Waals surface area contributed by atoms with E-state index in [0.29, 0.717) is 13.1 Å². The molecule has 0 bridgehead atoms. The summed E-state index contributed by atoms with van der Waals surface area (Å²) < 4.78 is 1.07. The topological polar surface area (TPSA) is 46.3 Å². The van der Waals surface area contributed by atoms with E-state index >= 15 is 0 Å². The minimum Gasteiger partial charge on any atom is -0.345 e. The Kier molecular flexibility index (Phi) is 5.35. The van der Waals surface area contributed by atoms with Gasteiger partial charge in [0.25, 0.3) is 0 Å². The van der Waals surface area contributed by atoms with Gasteiger partial charge < -0.3 is 10.6 Å². The molecular weight excluding hydrogens is 292 g/mol. The zero-order chi connectivity index (χ0) is 13.8. The van der Waals surface area contributed by atoms with Crippen LogP contribution in [0.15, 0.2) is 28.7 Å². The first-order valence-electron chi connectivity index (χ1n) is 6.07. The molecule has 0 atom stereocenters. The Balaban J connectivity index is 2.56. The van der Waals surface area contributed by atoms with Crippen LogP contribution >= 0.6 is 15.9 Å². The van der Waals surface area contributed by atoms with E-state index in [1.54, 1.807) is 4.90 Å². The van der Waals surface area contributed by atoms with E-state index in [1.165, 1.54) is 5.56 Å². The third-order valence-corrected chi connectivity index (χ3v) is 3.55. The second kappa shape index (κ2) is 6.34. The van der Waals surface area contributed by atoms with E-state index in [9.17, 15) is 4.79 Å². The summed E-state index contributed by atoms with van der Waals surface area (Å²) in [5.41, 5.74) is 6.36. The van der Waals surface area contributed by atoms with E-state index < -0.39 is 5.41 Å². The largest absolute Gasteiger partial charge is 0.345 e. The molecule has 1 aromatic carbocycles. The van der Waals surface area contributed by atoms with Gasteiger partial charge in [-0.3, -0.25) is 4.79 Å². The first-order valence-corrected chi connectivity index (χ1v) is 6.86. The number of carbonyl (C=O) groups is 1. The van der Waals surface area contributed by atoms with Gasteiger partial charge in [0.1, 0.15) is 0 Å². The summed E-state index contributed by atoms with van der Waals surface area (Å²) >= 11 is 3.44. The van der Waals surface area contributed by atoms with Gasteiger partial charge in [0.05, 0.1) is 5.41 Å². The Morgan fingerprint density at radius 2 is 2.11 bits per heavy atom. The van der Waals surface area contributed by atoms with Crippen molar-refractivity contribution in [2.45, 2.75) is 20.3 Å². The Hall–Kier alpha value is -0.870. The number of likely N-dealkylation sites (N-methyl/N-ethyl adjacent to an activating group) is 1. The maximum absolute atomic E-state index is 12.1. The number of nitrogens with zero attached hydrogens (tertiary/aromatic N) is 1. The van der Waals surface area contributed by atoms with Crippen molar-refractivity contribution in [3.05, 3.63) is 34.3 Å². The number of benzene rings is 1. The van der Waals surface area contributed by atoms with E-state index in [-0.39, 0.29) is 5.91 Å². The molecule has 1 aromatic rings. The monoisotopic (exact) mass is 312 g/mol. The van der Waals surface area contributed by atoms with Crippen LogP contribution < -0.4 is 5.73 Å². The smallest absolute Gasteiger partial charge is 0.229 e. The predicted octanol–water partition coefficient (Wildman–Crippen LogP) is 2.43. The van der Waals surface area contributed by atoms with Gasteiger partial charge in [-0.1, -0.05) is 28.1 Å². The van der Waals surface area contributed by atoms with E-state index in [2.05, 4.69) is 28.1 Å². The summed E-state index contributed by atoms with van der Waals surface area (Å²) in [5, 5.41) is 0. The van der Waals surface area contributed by atoms with Crippen LogP contribution in [-0.4, -0.2) is 30.9 Å². The van der Waals surface area contributed by atoms with Gasteiger partial charge in [-0.2, -0.15) is 0 Å². The third kappa shape index (κ3) is 4.10. The number of nitrogens with two attached hydrogens (primary N) is 1. The molecule has 0 unspecified atom stereocenters. The van der Waals surface area contributed by atoms with Gasteiger partial charge in [0, 0.05) is 24.6 Å². The highest BCUT2D eigenvalue weighted by Crippen LogP contribution is 2.17. The lowest BCUT2D eigenvalue weighted by molar-refractivity contribution is -0.138. The molecule has 0 heterocycles. The normalized spacial score (nSPS) is 11.4.